The predicted octanol–water partition coefficient (Wildman–Crippen LogP) is 3.59. The van der Waals surface area contributed by atoms with Crippen LogP contribution < -0.4 is 0 Å². The molecule has 3 rings (SSSR count). The van der Waals surface area contributed by atoms with Crippen molar-refractivity contribution in [3.05, 3.63) is 41.1 Å². The minimum absolute atomic E-state index is 0.333. The molecule has 1 aromatic carbocycles. The number of benzene rings is 1. The van der Waals surface area contributed by atoms with Gasteiger partial charge in [-0.3, -0.25) is 4.68 Å². The van der Waals surface area contributed by atoms with Crippen molar-refractivity contribution in [1.29, 1.82) is 0 Å². The molecule has 0 bridgehead atoms. The van der Waals surface area contributed by atoms with Crippen LogP contribution in [0.4, 0.5) is 13.2 Å². The van der Waals surface area contributed by atoms with Crippen molar-refractivity contribution in [2.45, 2.75) is 25.4 Å². The molecule has 0 N–H and O–H groups in total. The molecule has 0 spiro atoms. The van der Waals surface area contributed by atoms with Gasteiger partial charge < -0.3 is 0 Å². The minimum atomic E-state index is -4.35. The fourth-order valence-electron chi connectivity index (χ4n) is 2.80. The van der Waals surface area contributed by atoms with Crippen molar-refractivity contribution < 1.29 is 13.2 Å². The lowest BCUT2D eigenvalue weighted by molar-refractivity contribution is -0.144. The average Bonchev–Trinajstić information content (AvgIpc) is 2.57. The van der Waals surface area contributed by atoms with E-state index < -0.39 is 11.9 Å². The second-order valence-corrected chi connectivity index (χ2v) is 4.81. The summed E-state index contributed by atoms with van der Waals surface area (Å²) in [4.78, 5) is 0. The molecule has 1 aromatic heterocycles. The molecule has 0 aliphatic heterocycles. The van der Waals surface area contributed by atoms with Gasteiger partial charge in [-0.25, -0.2) is 0 Å². The zero-order valence-corrected chi connectivity index (χ0v) is 10.5. The molecule has 5 heteroatoms. The Bertz CT molecular complexity index is 626. The monoisotopic (exact) mass is 266 g/mol. The molecule has 0 atom stereocenters. The second kappa shape index (κ2) is 4.11. The number of halogens is 3. The van der Waals surface area contributed by atoms with E-state index in [0.717, 1.165) is 28.7 Å². The summed E-state index contributed by atoms with van der Waals surface area (Å²) in [6, 6.07) is 7.58. The molecule has 0 radical (unpaired) electrons. The molecule has 100 valence electrons. The standard InChI is InChI=1S/C14H13F3N2/c1-19-13(14(15,16)17)11-8-4-6-9-5-2-3-7-10(9)12(11)18-19/h2-3,5,7H,4,6,8H2,1H3. The maximum atomic E-state index is 13.1. The summed E-state index contributed by atoms with van der Waals surface area (Å²) in [5.74, 6) is 0. The fourth-order valence-corrected chi connectivity index (χ4v) is 2.80. The average molecular weight is 266 g/mol. The summed E-state index contributed by atoms with van der Waals surface area (Å²) in [7, 11) is 1.36. The number of hydrogen-bond acceptors (Lipinski definition) is 1. The Kier molecular flexibility index (Phi) is 2.66. The van der Waals surface area contributed by atoms with Crippen LogP contribution in [0, 0.1) is 0 Å². The van der Waals surface area contributed by atoms with Gasteiger partial charge in [-0.15, -0.1) is 0 Å². The van der Waals surface area contributed by atoms with Crippen molar-refractivity contribution in [1.82, 2.24) is 9.78 Å². The maximum Gasteiger partial charge on any atom is 0.433 e. The molecule has 1 heterocycles. The molecule has 19 heavy (non-hydrogen) atoms. The third kappa shape index (κ3) is 1.93. The second-order valence-electron chi connectivity index (χ2n) is 4.81. The third-order valence-corrected chi connectivity index (χ3v) is 3.56. The van der Waals surface area contributed by atoms with Crippen LogP contribution in [0.15, 0.2) is 24.3 Å². The lowest BCUT2D eigenvalue weighted by Crippen LogP contribution is -2.14. The van der Waals surface area contributed by atoms with E-state index in [4.69, 9.17) is 0 Å². The quantitative estimate of drug-likeness (QED) is 0.712. The molecule has 1 aliphatic carbocycles. The summed E-state index contributed by atoms with van der Waals surface area (Å²) >= 11 is 0. The Morgan fingerprint density at radius 3 is 2.63 bits per heavy atom. The molecule has 0 amide bonds. The van der Waals surface area contributed by atoms with E-state index in [9.17, 15) is 13.2 Å². The number of aryl methyl sites for hydroxylation is 2. The van der Waals surface area contributed by atoms with Gasteiger partial charge in [0.1, 0.15) is 5.69 Å². The van der Waals surface area contributed by atoms with Crippen LogP contribution in [0.3, 0.4) is 0 Å². The first-order valence-electron chi connectivity index (χ1n) is 6.20. The number of alkyl halides is 3. The fraction of sp³-hybridized carbons (Fsp3) is 0.357. The highest BCUT2D eigenvalue weighted by molar-refractivity contribution is 5.69. The highest BCUT2D eigenvalue weighted by Crippen LogP contribution is 2.39. The topological polar surface area (TPSA) is 17.8 Å². The van der Waals surface area contributed by atoms with Gasteiger partial charge in [0, 0.05) is 18.2 Å². The van der Waals surface area contributed by atoms with E-state index in [0.29, 0.717) is 17.7 Å². The summed E-state index contributed by atoms with van der Waals surface area (Å²) in [6.45, 7) is 0. The first-order valence-corrected chi connectivity index (χ1v) is 6.20. The normalized spacial score (nSPS) is 14.7. The number of nitrogens with zero attached hydrogens (tertiary/aromatic N) is 2. The van der Waals surface area contributed by atoms with Crippen LogP contribution in [0.25, 0.3) is 11.3 Å². The predicted molar refractivity (Wildman–Crippen MR) is 65.7 cm³/mol. The minimum Gasteiger partial charge on any atom is -0.263 e. The van der Waals surface area contributed by atoms with Crippen LogP contribution in [-0.4, -0.2) is 9.78 Å². The Balaban J connectivity index is 2.27. The Labute approximate surface area is 108 Å². The van der Waals surface area contributed by atoms with Gasteiger partial charge >= 0.3 is 6.18 Å². The number of hydrogen-bond donors (Lipinski definition) is 0. The molecule has 0 fully saturated rings. The smallest absolute Gasteiger partial charge is 0.263 e. The molecule has 0 saturated carbocycles. The summed E-state index contributed by atoms with van der Waals surface area (Å²) in [6.07, 6.45) is -2.41. The van der Waals surface area contributed by atoms with Crippen LogP contribution >= 0.6 is 0 Å². The number of fused-ring (bicyclic) bond motifs is 3. The van der Waals surface area contributed by atoms with Gasteiger partial charge in [0.25, 0.3) is 0 Å². The largest absolute Gasteiger partial charge is 0.433 e. The molecule has 0 saturated heterocycles. The van der Waals surface area contributed by atoms with Gasteiger partial charge in [-0.2, -0.15) is 18.3 Å². The van der Waals surface area contributed by atoms with Crippen LogP contribution in [0.5, 0.6) is 0 Å². The van der Waals surface area contributed by atoms with Crippen molar-refractivity contribution >= 4 is 0 Å². The zero-order chi connectivity index (χ0) is 13.6. The van der Waals surface area contributed by atoms with Crippen molar-refractivity contribution in [3.63, 3.8) is 0 Å². The van der Waals surface area contributed by atoms with E-state index in [2.05, 4.69) is 5.10 Å². The van der Waals surface area contributed by atoms with Gasteiger partial charge in [0.2, 0.25) is 0 Å². The first kappa shape index (κ1) is 12.3. The van der Waals surface area contributed by atoms with Gasteiger partial charge in [0.15, 0.2) is 0 Å². The lowest BCUT2D eigenvalue weighted by Gasteiger charge is -2.09. The Morgan fingerprint density at radius 1 is 1.16 bits per heavy atom. The zero-order valence-electron chi connectivity index (χ0n) is 10.5. The van der Waals surface area contributed by atoms with E-state index in [1.54, 1.807) is 0 Å². The molecule has 1 aliphatic rings. The highest BCUT2D eigenvalue weighted by atomic mass is 19.4. The van der Waals surface area contributed by atoms with Crippen molar-refractivity contribution in [2.75, 3.05) is 0 Å². The molecule has 2 nitrogen and oxygen atoms in total. The van der Waals surface area contributed by atoms with Gasteiger partial charge in [0.05, 0.1) is 5.69 Å². The lowest BCUT2D eigenvalue weighted by atomic mass is 10.0. The molecule has 2 aromatic rings. The number of rotatable bonds is 0. The van der Waals surface area contributed by atoms with Gasteiger partial charge in [-0.1, -0.05) is 24.3 Å². The summed E-state index contributed by atoms with van der Waals surface area (Å²) in [5, 5.41) is 4.12. The summed E-state index contributed by atoms with van der Waals surface area (Å²) in [5.41, 5.74) is 2.12. The summed E-state index contributed by atoms with van der Waals surface area (Å²) < 4.78 is 40.3. The van der Waals surface area contributed by atoms with Gasteiger partial charge in [-0.05, 0) is 24.8 Å². The SMILES string of the molecule is Cn1nc2c(c1C(F)(F)F)CCCc1ccccc1-2. The van der Waals surface area contributed by atoms with Crippen molar-refractivity contribution in [3.8, 4) is 11.3 Å². The highest BCUT2D eigenvalue weighted by Gasteiger charge is 2.39. The molecular formula is C14H13F3N2. The third-order valence-electron chi connectivity index (χ3n) is 3.56. The Hall–Kier alpha value is -1.78. The van der Waals surface area contributed by atoms with Crippen LogP contribution in [0.2, 0.25) is 0 Å². The van der Waals surface area contributed by atoms with E-state index >= 15 is 0 Å². The van der Waals surface area contributed by atoms with Crippen molar-refractivity contribution in [2.24, 2.45) is 7.05 Å². The van der Waals surface area contributed by atoms with E-state index in [1.807, 2.05) is 24.3 Å². The Morgan fingerprint density at radius 2 is 1.89 bits per heavy atom. The first-order chi connectivity index (χ1) is 8.98. The van der Waals surface area contributed by atoms with E-state index in [1.165, 1.54) is 7.05 Å². The van der Waals surface area contributed by atoms with Crippen LogP contribution in [-0.2, 0) is 26.1 Å². The van der Waals surface area contributed by atoms with E-state index in [-0.39, 0.29) is 0 Å². The maximum absolute atomic E-state index is 13.1. The molecular weight excluding hydrogens is 253 g/mol. The molecule has 0 unspecified atom stereocenters. The number of aromatic nitrogens is 2. The van der Waals surface area contributed by atoms with Crippen LogP contribution in [0.1, 0.15) is 23.2 Å².